The van der Waals surface area contributed by atoms with Crippen molar-refractivity contribution in [2.75, 3.05) is 19.8 Å². The number of rotatable bonds is 5. The minimum Gasteiger partial charge on any atom is -0.396 e. The molecule has 0 saturated heterocycles. The van der Waals surface area contributed by atoms with Crippen molar-refractivity contribution in [3.63, 3.8) is 0 Å². The van der Waals surface area contributed by atoms with Crippen molar-refractivity contribution in [2.24, 2.45) is 23.2 Å². The van der Waals surface area contributed by atoms with Crippen LogP contribution in [-0.4, -0.2) is 46.4 Å². The fourth-order valence-electron chi connectivity index (χ4n) is 4.35. The zero-order valence-corrected chi connectivity index (χ0v) is 12.4. The van der Waals surface area contributed by atoms with E-state index in [2.05, 4.69) is 0 Å². The second kappa shape index (κ2) is 7.21. The predicted octanol–water partition coefficient (Wildman–Crippen LogP) is 1.31. The number of hydrogen-bond donors (Lipinski definition) is 4. The molecule has 0 aromatic carbocycles. The van der Waals surface area contributed by atoms with E-state index in [0.29, 0.717) is 5.92 Å². The summed E-state index contributed by atoms with van der Waals surface area (Å²) in [5, 5.41) is 39.4. The Morgan fingerprint density at radius 1 is 0.900 bits per heavy atom. The molecule has 0 spiro atoms. The Morgan fingerprint density at radius 2 is 1.55 bits per heavy atom. The summed E-state index contributed by atoms with van der Waals surface area (Å²) in [6, 6.07) is 0. The maximum absolute atomic E-state index is 10.8. The van der Waals surface area contributed by atoms with Crippen LogP contribution in [0.4, 0.5) is 0 Å². The molecule has 2 aliphatic rings. The summed E-state index contributed by atoms with van der Waals surface area (Å²) >= 11 is 0. The average molecular weight is 286 g/mol. The van der Waals surface area contributed by atoms with Crippen molar-refractivity contribution in [1.82, 2.24) is 0 Å². The molecule has 2 rings (SSSR count). The van der Waals surface area contributed by atoms with Gasteiger partial charge in [-0.05, 0) is 56.3 Å². The molecule has 0 bridgehead atoms. The van der Waals surface area contributed by atoms with Crippen molar-refractivity contribution >= 4 is 0 Å². The summed E-state index contributed by atoms with van der Waals surface area (Å²) in [5.41, 5.74) is -0.495. The molecule has 4 heteroatoms. The first kappa shape index (κ1) is 16.2. The maximum atomic E-state index is 10.8. The molecule has 0 amide bonds. The quantitative estimate of drug-likeness (QED) is 0.614. The molecular formula is C16H30O4. The molecule has 0 aromatic rings. The van der Waals surface area contributed by atoms with E-state index in [0.717, 1.165) is 51.4 Å². The largest absolute Gasteiger partial charge is 0.396 e. The molecule has 4 nitrogen and oxygen atoms in total. The first-order valence-electron chi connectivity index (χ1n) is 8.17. The molecule has 0 heterocycles. The third-order valence-electron chi connectivity index (χ3n) is 5.90. The van der Waals surface area contributed by atoms with Gasteiger partial charge in [0, 0.05) is 12.0 Å². The van der Waals surface area contributed by atoms with Crippen LogP contribution in [0.2, 0.25) is 0 Å². The van der Waals surface area contributed by atoms with Gasteiger partial charge in [-0.15, -0.1) is 0 Å². The molecule has 118 valence electrons. The minimum atomic E-state index is -0.495. The first-order valence-corrected chi connectivity index (χ1v) is 8.17. The lowest BCUT2D eigenvalue weighted by molar-refractivity contribution is -0.0991. The second-order valence-corrected chi connectivity index (χ2v) is 6.98. The maximum Gasteiger partial charge on any atom is 0.0603 e. The van der Waals surface area contributed by atoms with Crippen molar-refractivity contribution < 1.29 is 20.4 Å². The van der Waals surface area contributed by atoms with Crippen LogP contribution >= 0.6 is 0 Å². The van der Waals surface area contributed by atoms with Crippen LogP contribution in [0, 0.1) is 23.2 Å². The van der Waals surface area contributed by atoms with Crippen LogP contribution in [0.15, 0.2) is 0 Å². The highest BCUT2D eigenvalue weighted by atomic mass is 16.3. The lowest BCUT2D eigenvalue weighted by atomic mass is 9.61. The van der Waals surface area contributed by atoms with E-state index in [1.54, 1.807) is 0 Å². The summed E-state index contributed by atoms with van der Waals surface area (Å²) in [5.74, 6) is 0.672. The van der Waals surface area contributed by atoms with Gasteiger partial charge in [0.2, 0.25) is 0 Å². The van der Waals surface area contributed by atoms with Crippen molar-refractivity contribution in [1.29, 1.82) is 0 Å². The van der Waals surface area contributed by atoms with Crippen LogP contribution in [0.5, 0.6) is 0 Å². The highest BCUT2D eigenvalue weighted by Gasteiger charge is 2.45. The molecule has 2 saturated carbocycles. The summed E-state index contributed by atoms with van der Waals surface area (Å²) < 4.78 is 0. The van der Waals surface area contributed by atoms with Gasteiger partial charge in [-0.1, -0.05) is 12.8 Å². The van der Waals surface area contributed by atoms with Crippen LogP contribution in [-0.2, 0) is 0 Å². The van der Waals surface area contributed by atoms with Gasteiger partial charge in [-0.25, -0.2) is 0 Å². The number of aliphatic hydroxyl groups is 4. The lowest BCUT2D eigenvalue weighted by Crippen LogP contribution is -2.48. The molecule has 2 aliphatic carbocycles. The topological polar surface area (TPSA) is 80.9 Å². The Kier molecular flexibility index (Phi) is 5.84. The summed E-state index contributed by atoms with van der Waals surface area (Å²) in [6.07, 6.45) is 7.28. The highest BCUT2D eigenvalue weighted by molar-refractivity contribution is 4.95. The minimum absolute atomic E-state index is 0.0157. The van der Waals surface area contributed by atoms with E-state index in [4.69, 9.17) is 0 Å². The van der Waals surface area contributed by atoms with Gasteiger partial charge in [-0.2, -0.15) is 0 Å². The molecule has 2 unspecified atom stereocenters. The second-order valence-electron chi connectivity index (χ2n) is 6.98. The van der Waals surface area contributed by atoms with Crippen molar-refractivity contribution in [3.05, 3.63) is 0 Å². The standard InChI is InChI=1S/C16H30O4/c17-9-12-4-6-13(7-5-12)15(20)14-3-1-2-8-16(14,10-18)11-19/h12-15,17-20H,1-11H2. The Bertz CT molecular complexity index is 282. The van der Waals surface area contributed by atoms with Crippen molar-refractivity contribution in [3.8, 4) is 0 Å². The third kappa shape index (κ3) is 3.19. The van der Waals surface area contributed by atoms with E-state index in [1.807, 2.05) is 0 Å². The van der Waals surface area contributed by atoms with Gasteiger partial charge in [0.1, 0.15) is 0 Å². The molecule has 0 aromatic heterocycles. The summed E-state index contributed by atoms with van der Waals surface area (Å²) in [7, 11) is 0. The van der Waals surface area contributed by atoms with E-state index >= 15 is 0 Å². The Morgan fingerprint density at radius 3 is 2.10 bits per heavy atom. The molecule has 4 N–H and O–H groups in total. The van der Waals surface area contributed by atoms with Crippen molar-refractivity contribution in [2.45, 2.75) is 57.5 Å². The molecule has 2 fully saturated rings. The summed E-state index contributed by atoms with van der Waals surface area (Å²) in [4.78, 5) is 0. The Balaban J connectivity index is 2.01. The van der Waals surface area contributed by atoms with Gasteiger partial charge >= 0.3 is 0 Å². The van der Waals surface area contributed by atoms with Gasteiger partial charge in [0.05, 0.1) is 19.3 Å². The van der Waals surface area contributed by atoms with E-state index in [9.17, 15) is 20.4 Å². The fourth-order valence-corrected chi connectivity index (χ4v) is 4.35. The molecule has 0 aliphatic heterocycles. The molecule has 2 atom stereocenters. The van der Waals surface area contributed by atoms with E-state index < -0.39 is 11.5 Å². The normalized spacial score (nSPS) is 35.7. The monoisotopic (exact) mass is 286 g/mol. The van der Waals surface area contributed by atoms with Gasteiger partial charge in [0.15, 0.2) is 0 Å². The number of hydrogen-bond acceptors (Lipinski definition) is 4. The zero-order valence-electron chi connectivity index (χ0n) is 12.4. The predicted molar refractivity (Wildman–Crippen MR) is 77.1 cm³/mol. The number of aliphatic hydroxyl groups excluding tert-OH is 4. The van der Waals surface area contributed by atoms with E-state index in [1.165, 1.54) is 0 Å². The van der Waals surface area contributed by atoms with Gasteiger partial charge in [-0.3, -0.25) is 0 Å². The van der Waals surface area contributed by atoms with E-state index in [-0.39, 0.29) is 31.7 Å². The molecule has 0 radical (unpaired) electrons. The SMILES string of the molecule is OCC1CCC(C(O)C2CCCCC2(CO)CO)CC1. The third-order valence-corrected chi connectivity index (χ3v) is 5.90. The smallest absolute Gasteiger partial charge is 0.0603 e. The van der Waals surface area contributed by atoms with Crippen LogP contribution in [0.25, 0.3) is 0 Å². The first-order chi connectivity index (χ1) is 9.66. The Hall–Kier alpha value is -0.160. The highest BCUT2D eigenvalue weighted by Crippen LogP contribution is 2.46. The Labute approximate surface area is 121 Å². The fraction of sp³-hybridized carbons (Fsp3) is 1.00. The van der Waals surface area contributed by atoms with Gasteiger partial charge < -0.3 is 20.4 Å². The van der Waals surface area contributed by atoms with Crippen LogP contribution in [0.3, 0.4) is 0 Å². The lowest BCUT2D eigenvalue weighted by Gasteiger charge is -2.46. The zero-order chi connectivity index (χ0) is 14.6. The molecular weight excluding hydrogens is 256 g/mol. The average Bonchev–Trinajstić information content (AvgIpc) is 2.54. The van der Waals surface area contributed by atoms with Crippen LogP contribution < -0.4 is 0 Å². The van der Waals surface area contributed by atoms with Crippen LogP contribution in [0.1, 0.15) is 51.4 Å². The van der Waals surface area contributed by atoms with Gasteiger partial charge in [0.25, 0.3) is 0 Å². The summed E-state index contributed by atoms with van der Waals surface area (Å²) in [6.45, 7) is 0.192. The molecule has 20 heavy (non-hydrogen) atoms.